The van der Waals surface area contributed by atoms with E-state index in [-0.39, 0.29) is 22.4 Å². The van der Waals surface area contributed by atoms with Crippen molar-refractivity contribution in [2.24, 2.45) is 0 Å². The molecule has 11 heteroatoms. The predicted molar refractivity (Wildman–Crippen MR) is 96.2 cm³/mol. The number of fused-ring (bicyclic) bond motifs is 1. The monoisotopic (exact) mass is 326 g/mol. The number of aryl methyl sites for hydroxylation is 1. The van der Waals surface area contributed by atoms with Gasteiger partial charge in [0.15, 0.2) is 0 Å². The van der Waals surface area contributed by atoms with E-state index in [1.807, 2.05) is 5.32 Å². The molecule has 0 aliphatic carbocycles. The first kappa shape index (κ1) is 17.4. The maximum atomic E-state index is 13.0. The molecule has 2 amide bonds. The standard InChI is InChI=1S/C14H10B4N4O3/c1-5-20-7-3-2-6(15)9(19)8(7)10(23)22(5)14(18)4-13(16,17)11(24)21-12(14)25/h2-3H,4,19H2,1H3,(H,21,24,25). The summed E-state index contributed by atoms with van der Waals surface area (Å²) in [5, 5.41) is 0.0648. The van der Waals surface area contributed by atoms with Gasteiger partial charge in [-0.1, -0.05) is 11.5 Å². The van der Waals surface area contributed by atoms with E-state index in [1.165, 1.54) is 19.1 Å². The van der Waals surface area contributed by atoms with Gasteiger partial charge in [0.1, 0.15) is 21.5 Å². The van der Waals surface area contributed by atoms with Crippen LogP contribution in [0.15, 0.2) is 16.9 Å². The number of benzene rings is 1. The van der Waals surface area contributed by atoms with Crippen molar-refractivity contribution >= 4 is 65.3 Å². The van der Waals surface area contributed by atoms with Crippen LogP contribution in [0.2, 0.25) is 5.21 Å². The predicted octanol–water partition coefficient (Wildman–Crippen LogP) is -2.60. The average Bonchev–Trinajstić information content (AvgIpc) is 2.48. The molecule has 116 valence electrons. The van der Waals surface area contributed by atoms with E-state index >= 15 is 0 Å². The Labute approximate surface area is 148 Å². The zero-order chi connectivity index (χ0) is 18.7. The summed E-state index contributed by atoms with van der Waals surface area (Å²) in [5.74, 6) is -1.68. The highest BCUT2D eigenvalue weighted by molar-refractivity contribution is 6.53. The Bertz CT molecular complexity index is 1000. The van der Waals surface area contributed by atoms with Crippen LogP contribution in [0.25, 0.3) is 10.9 Å². The number of hydrogen-bond donors (Lipinski definition) is 2. The molecule has 1 aliphatic heterocycles. The summed E-state index contributed by atoms with van der Waals surface area (Å²) < 4.78 is 0.932. The number of aromatic nitrogens is 2. The van der Waals surface area contributed by atoms with E-state index in [1.54, 1.807) is 0 Å². The van der Waals surface area contributed by atoms with Crippen LogP contribution in [0, 0.1) is 6.92 Å². The van der Waals surface area contributed by atoms with Gasteiger partial charge in [-0.05, 0) is 24.6 Å². The maximum Gasteiger partial charge on any atom is 0.263 e. The highest BCUT2D eigenvalue weighted by atomic mass is 16.2. The van der Waals surface area contributed by atoms with Crippen LogP contribution in [-0.4, -0.2) is 52.8 Å². The third-order valence-corrected chi connectivity index (χ3v) is 4.28. The average molecular weight is 326 g/mol. The molecule has 1 aliphatic rings. The minimum atomic E-state index is -2.02. The van der Waals surface area contributed by atoms with Crippen molar-refractivity contribution in [1.29, 1.82) is 0 Å². The number of piperidine rings is 1. The van der Waals surface area contributed by atoms with Crippen LogP contribution >= 0.6 is 0 Å². The number of nitrogens with zero attached hydrogens (tertiary/aromatic N) is 2. The van der Waals surface area contributed by atoms with E-state index in [0.717, 1.165) is 4.57 Å². The molecule has 2 aromatic rings. The molecule has 3 N–H and O–H groups in total. The van der Waals surface area contributed by atoms with Crippen LogP contribution < -0.4 is 22.1 Å². The highest BCUT2D eigenvalue weighted by Gasteiger charge is 2.49. The van der Waals surface area contributed by atoms with Crippen molar-refractivity contribution in [3.8, 4) is 0 Å². The third-order valence-electron chi connectivity index (χ3n) is 4.28. The Kier molecular flexibility index (Phi) is 3.67. The Balaban J connectivity index is 2.35. The Morgan fingerprint density at radius 1 is 1.20 bits per heavy atom. The van der Waals surface area contributed by atoms with Crippen molar-refractivity contribution < 1.29 is 9.59 Å². The highest BCUT2D eigenvalue weighted by Crippen LogP contribution is 2.36. The van der Waals surface area contributed by atoms with E-state index in [0.29, 0.717) is 5.52 Å². The fraction of sp³-hybridized carbons (Fsp3) is 0.286. The molecule has 0 saturated carbocycles. The fourth-order valence-electron chi connectivity index (χ4n) is 3.01. The number of anilines is 1. The van der Waals surface area contributed by atoms with Crippen LogP contribution in [0.4, 0.5) is 5.69 Å². The van der Waals surface area contributed by atoms with Gasteiger partial charge in [-0.2, -0.15) is 0 Å². The number of carbonyl (C=O) groups excluding carboxylic acids is 2. The minimum Gasteiger partial charge on any atom is -0.398 e. The van der Waals surface area contributed by atoms with Crippen molar-refractivity contribution in [1.82, 2.24) is 14.9 Å². The molecule has 1 atom stereocenters. The second-order valence-corrected chi connectivity index (χ2v) is 6.19. The molecular weight excluding hydrogens is 315 g/mol. The lowest BCUT2D eigenvalue weighted by molar-refractivity contribution is -0.138. The van der Waals surface area contributed by atoms with Gasteiger partial charge in [0, 0.05) is 5.69 Å². The summed E-state index contributed by atoms with van der Waals surface area (Å²) in [4.78, 5) is 41.4. The molecule has 1 aromatic heterocycles. The Morgan fingerprint density at radius 3 is 2.48 bits per heavy atom. The van der Waals surface area contributed by atoms with E-state index in [4.69, 9.17) is 37.1 Å². The normalized spacial score (nSPS) is 22.8. The molecule has 0 spiro atoms. The van der Waals surface area contributed by atoms with Gasteiger partial charge in [-0.15, -0.1) is 0 Å². The Hall–Kier alpha value is -2.44. The van der Waals surface area contributed by atoms with E-state index in [9.17, 15) is 14.4 Å². The molecular formula is C14H10B4N4O3. The lowest BCUT2D eigenvalue weighted by Gasteiger charge is -2.43. The number of nitrogens with one attached hydrogen (secondary N) is 1. The number of amides is 2. The zero-order valence-corrected chi connectivity index (χ0v) is 13.4. The number of rotatable bonds is 1. The molecule has 1 aromatic carbocycles. The lowest BCUT2D eigenvalue weighted by Crippen LogP contribution is -2.63. The summed E-state index contributed by atoms with van der Waals surface area (Å²) in [6.45, 7) is 1.49. The summed E-state index contributed by atoms with van der Waals surface area (Å²) in [6, 6.07) is 3.05. The number of nitrogen functional groups attached to an aromatic ring is 1. The second kappa shape index (κ2) is 5.28. The molecule has 7 nitrogen and oxygen atoms in total. The van der Waals surface area contributed by atoms with Crippen LogP contribution in [0.3, 0.4) is 0 Å². The van der Waals surface area contributed by atoms with E-state index in [2.05, 4.69) is 4.98 Å². The fourth-order valence-corrected chi connectivity index (χ4v) is 3.01. The van der Waals surface area contributed by atoms with Gasteiger partial charge in [-0.3, -0.25) is 24.3 Å². The molecule has 2 heterocycles. The summed E-state index contributed by atoms with van der Waals surface area (Å²) >= 11 is 0. The SMILES string of the molecule is [B]c1ccc2nc(C)n(C3([B])CC([B])([B])C(=O)NC3=O)c(=O)c2c1N. The third kappa shape index (κ3) is 2.41. The topological polar surface area (TPSA) is 107 Å². The van der Waals surface area contributed by atoms with Crippen molar-refractivity contribution in [2.75, 3.05) is 5.73 Å². The minimum absolute atomic E-state index is 0.0137. The summed E-state index contributed by atoms with van der Waals surface area (Å²) in [7, 11) is 23.3. The lowest BCUT2D eigenvalue weighted by atomic mass is 9.45. The molecule has 25 heavy (non-hydrogen) atoms. The molecule has 1 unspecified atom stereocenters. The van der Waals surface area contributed by atoms with Crippen LogP contribution in [-0.2, 0) is 15.0 Å². The van der Waals surface area contributed by atoms with Gasteiger partial charge in [-0.25, -0.2) is 4.98 Å². The maximum absolute atomic E-state index is 13.0. The second-order valence-electron chi connectivity index (χ2n) is 6.19. The van der Waals surface area contributed by atoms with Crippen LogP contribution in [0.1, 0.15) is 12.2 Å². The quantitative estimate of drug-likeness (QED) is 0.340. The van der Waals surface area contributed by atoms with Crippen LogP contribution in [0.5, 0.6) is 0 Å². The first-order valence-electron chi connectivity index (χ1n) is 7.29. The first-order chi connectivity index (χ1) is 11.5. The summed E-state index contributed by atoms with van der Waals surface area (Å²) in [6.07, 6.45) is -0.499. The molecule has 3 rings (SSSR count). The van der Waals surface area contributed by atoms with Gasteiger partial charge in [0.25, 0.3) is 5.56 Å². The van der Waals surface area contributed by atoms with Gasteiger partial charge in [0.05, 0.1) is 32.0 Å². The Morgan fingerprint density at radius 2 is 1.84 bits per heavy atom. The smallest absolute Gasteiger partial charge is 0.263 e. The largest absolute Gasteiger partial charge is 0.398 e. The molecule has 1 saturated heterocycles. The first-order valence-corrected chi connectivity index (χ1v) is 7.29. The number of nitrogens with two attached hydrogens (primary N) is 1. The number of carbonyl (C=O) groups is 2. The van der Waals surface area contributed by atoms with Gasteiger partial charge >= 0.3 is 0 Å². The molecule has 1 fully saturated rings. The van der Waals surface area contributed by atoms with Gasteiger partial charge < -0.3 is 5.73 Å². The van der Waals surface area contributed by atoms with Crippen molar-refractivity contribution in [3.05, 3.63) is 28.3 Å². The molecule has 0 bridgehead atoms. The van der Waals surface area contributed by atoms with Crippen molar-refractivity contribution in [2.45, 2.75) is 24.0 Å². The van der Waals surface area contributed by atoms with Crippen molar-refractivity contribution in [3.63, 3.8) is 0 Å². The van der Waals surface area contributed by atoms with Gasteiger partial charge in [0.2, 0.25) is 11.8 Å². The molecule has 8 radical (unpaired) electrons. The summed E-state index contributed by atoms with van der Waals surface area (Å²) in [5.41, 5.74) is 3.70. The number of imide groups is 1. The van der Waals surface area contributed by atoms with E-state index < -0.39 is 34.4 Å². The zero-order valence-electron chi connectivity index (χ0n) is 13.4. The number of hydrogen-bond acceptors (Lipinski definition) is 5.